The zero-order chi connectivity index (χ0) is 16.0. The maximum atomic E-state index is 14.1. The third-order valence-corrected chi connectivity index (χ3v) is 3.76. The maximum absolute atomic E-state index is 14.1. The first-order valence-electron chi connectivity index (χ1n) is 7.11. The molecule has 1 aliphatic rings. The van der Waals surface area contributed by atoms with Crippen LogP contribution in [0.25, 0.3) is 0 Å². The number of alkyl halides is 1. The SMILES string of the molecule is CCCC[C@@H](C(=O)N1CCC[C@H]1C(N)=O)[C@H](F)C(=O)NO. The van der Waals surface area contributed by atoms with Gasteiger partial charge in [-0.1, -0.05) is 19.8 Å². The van der Waals surface area contributed by atoms with E-state index in [0.29, 0.717) is 25.8 Å². The van der Waals surface area contributed by atoms with Crippen LogP contribution in [-0.4, -0.2) is 46.6 Å². The third kappa shape index (κ3) is 4.13. The second kappa shape index (κ2) is 7.92. The largest absolute Gasteiger partial charge is 0.368 e. The van der Waals surface area contributed by atoms with Crippen LogP contribution in [0.1, 0.15) is 39.0 Å². The van der Waals surface area contributed by atoms with Gasteiger partial charge >= 0.3 is 0 Å². The van der Waals surface area contributed by atoms with Crippen molar-refractivity contribution in [3.8, 4) is 0 Å². The first-order chi connectivity index (χ1) is 9.93. The Morgan fingerprint density at radius 1 is 1.48 bits per heavy atom. The van der Waals surface area contributed by atoms with Crippen molar-refractivity contribution in [3.63, 3.8) is 0 Å². The van der Waals surface area contributed by atoms with E-state index in [1.54, 1.807) is 0 Å². The van der Waals surface area contributed by atoms with Crippen molar-refractivity contribution in [2.24, 2.45) is 11.7 Å². The Kier molecular flexibility index (Phi) is 6.54. The third-order valence-electron chi connectivity index (χ3n) is 3.76. The van der Waals surface area contributed by atoms with E-state index < -0.39 is 35.9 Å². The zero-order valence-corrected chi connectivity index (χ0v) is 12.0. The lowest BCUT2D eigenvalue weighted by molar-refractivity contribution is -0.148. The Hall–Kier alpha value is -1.70. The minimum Gasteiger partial charge on any atom is -0.368 e. The number of halogens is 1. The number of hydrogen-bond donors (Lipinski definition) is 3. The molecule has 0 spiro atoms. The van der Waals surface area contributed by atoms with Crippen LogP contribution >= 0.6 is 0 Å². The highest BCUT2D eigenvalue weighted by Crippen LogP contribution is 2.25. The molecule has 3 amide bonds. The van der Waals surface area contributed by atoms with E-state index in [9.17, 15) is 18.8 Å². The molecule has 1 aliphatic heterocycles. The molecule has 7 nitrogen and oxygen atoms in total. The van der Waals surface area contributed by atoms with E-state index in [1.807, 2.05) is 6.92 Å². The molecule has 0 radical (unpaired) electrons. The van der Waals surface area contributed by atoms with Gasteiger partial charge < -0.3 is 10.6 Å². The molecule has 4 N–H and O–H groups in total. The average molecular weight is 303 g/mol. The number of hydrogen-bond acceptors (Lipinski definition) is 4. The second-order valence-electron chi connectivity index (χ2n) is 5.22. The second-order valence-corrected chi connectivity index (χ2v) is 5.22. The van der Waals surface area contributed by atoms with Gasteiger partial charge in [-0.15, -0.1) is 0 Å². The number of rotatable bonds is 7. The van der Waals surface area contributed by atoms with Crippen molar-refractivity contribution in [2.75, 3.05) is 6.54 Å². The van der Waals surface area contributed by atoms with Crippen LogP contribution in [0.2, 0.25) is 0 Å². The van der Waals surface area contributed by atoms with Gasteiger partial charge in [-0.2, -0.15) is 0 Å². The van der Waals surface area contributed by atoms with Crippen LogP contribution in [0.4, 0.5) is 4.39 Å². The van der Waals surface area contributed by atoms with Gasteiger partial charge in [0.15, 0.2) is 6.17 Å². The van der Waals surface area contributed by atoms with Gasteiger partial charge in [0.25, 0.3) is 5.91 Å². The van der Waals surface area contributed by atoms with Crippen LogP contribution in [-0.2, 0) is 14.4 Å². The van der Waals surface area contributed by atoms with Gasteiger partial charge in [0.2, 0.25) is 11.8 Å². The zero-order valence-electron chi connectivity index (χ0n) is 12.0. The summed E-state index contributed by atoms with van der Waals surface area (Å²) in [5, 5.41) is 8.53. The molecule has 0 saturated carbocycles. The van der Waals surface area contributed by atoms with Crippen LogP contribution in [0.3, 0.4) is 0 Å². The van der Waals surface area contributed by atoms with Crippen LogP contribution < -0.4 is 11.2 Å². The van der Waals surface area contributed by atoms with E-state index >= 15 is 0 Å². The summed E-state index contributed by atoms with van der Waals surface area (Å²) in [7, 11) is 0. The first kappa shape index (κ1) is 17.4. The highest BCUT2D eigenvalue weighted by atomic mass is 19.1. The molecule has 0 aromatic rings. The van der Waals surface area contributed by atoms with Gasteiger partial charge in [-0.25, -0.2) is 9.87 Å². The predicted molar refractivity (Wildman–Crippen MR) is 71.8 cm³/mol. The number of nitrogens with two attached hydrogens (primary N) is 1. The normalized spacial score (nSPS) is 20.9. The topological polar surface area (TPSA) is 113 Å². The summed E-state index contributed by atoms with van der Waals surface area (Å²) >= 11 is 0. The minimum atomic E-state index is -2.15. The molecule has 1 rings (SSSR count). The summed E-state index contributed by atoms with van der Waals surface area (Å²) in [5.74, 6) is -3.69. The molecule has 1 heterocycles. The van der Waals surface area contributed by atoms with Crippen molar-refractivity contribution < 1.29 is 24.0 Å². The van der Waals surface area contributed by atoms with E-state index in [-0.39, 0.29) is 6.42 Å². The summed E-state index contributed by atoms with van der Waals surface area (Å²) in [6.07, 6.45) is 0.379. The average Bonchev–Trinajstić information content (AvgIpc) is 2.95. The van der Waals surface area contributed by atoms with Gasteiger partial charge in [-0.3, -0.25) is 19.6 Å². The van der Waals surface area contributed by atoms with Gasteiger partial charge in [0.1, 0.15) is 6.04 Å². The lowest BCUT2D eigenvalue weighted by Gasteiger charge is -2.28. The number of carbonyl (C=O) groups is 3. The van der Waals surface area contributed by atoms with Crippen LogP contribution in [0.15, 0.2) is 0 Å². The molecule has 1 saturated heterocycles. The Morgan fingerprint density at radius 3 is 2.67 bits per heavy atom. The Balaban J connectivity index is 2.88. The molecule has 21 heavy (non-hydrogen) atoms. The van der Waals surface area contributed by atoms with Crippen LogP contribution in [0.5, 0.6) is 0 Å². The Morgan fingerprint density at radius 2 is 2.14 bits per heavy atom. The quantitative estimate of drug-likeness (QED) is 0.457. The highest BCUT2D eigenvalue weighted by Gasteiger charge is 2.41. The fourth-order valence-electron chi connectivity index (χ4n) is 2.60. The lowest BCUT2D eigenvalue weighted by Crippen LogP contribution is -2.49. The fraction of sp³-hybridized carbons (Fsp3) is 0.769. The minimum absolute atomic E-state index is 0.173. The predicted octanol–water partition coefficient (Wildman–Crippen LogP) is 0.113. The number of carbonyl (C=O) groups excluding carboxylic acids is 3. The standard InChI is InChI=1S/C13H22FN3O4/c1-2-3-5-8(10(14)12(19)16-21)13(20)17-7-4-6-9(17)11(15)18/h8-10,21H,2-7H2,1H3,(H2,15,18)(H,16,19)/t8-,9+,10+/m1/s1. The number of nitrogens with one attached hydrogen (secondary N) is 1. The summed E-state index contributed by atoms with van der Waals surface area (Å²) in [4.78, 5) is 36.3. The molecule has 0 aromatic carbocycles. The van der Waals surface area contributed by atoms with Gasteiger partial charge in [0, 0.05) is 6.54 Å². The fourth-order valence-corrected chi connectivity index (χ4v) is 2.60. The van der Waals surface area contributed by atoms with Crippen molar-refractivity contribution in [1.29, 1.82) is 0 Å². The molecular weight excluding hydrogens is 281 g/mol. The number of primary amides is 1. The smallest absolute Gasteiger partial charge is 0.278 e. The summed E-state index contributed by atoms with van der Waals surface area (Å²) < 4.78 is 14.1. The number of likely N-dealkylation sites (tertiary alicyclic amines) is 1. The molecule has 0 bridgehead atoms. The van der Waals surface area contributed by atoms with E-state index in [1.165, 1.54) is 10.4 Å². The number of unbranched alkanes of at least 4 members (excludes halogenated alkanes) is 1. The molecule has 0 unspecified atom stereocenters. The van der Waals surface area contributed by atoms with Crippen molar-refractivity contribution >= 4 is 17.7 Å². The van der Waals surface area contributed by atoms with Gasteiger partial charge in [-0.05, 0) is 19.3 Å². The Bertz CT molecular complexity index is 405. The summed E-state index contributed by atoms with van der Waals surface area (Å²) in [5.41, 5.74) is 6.47. The van der Waals surface area contributed by atoms with E-state index in [2.05, 4.69) is 0 Å². The Labute approximate surface area is 122 Å². The molecule has 8 heteroatoms. The monoisotopic (exact) mass is 303 g/mol. The molecule has 0 aromatic heterocycles. The lowest BCUT2D eigenvalue weighted by atomic mass is 9.94. The molecule has 0 aliphatic carbocycles. The van der Waals surface area contributed by atoms with Crippen molar-refractivity contribution in [1.82, 2.24) is 10.4 Å². The van der Waals surface area contributed by atoms with Crippen molar-refractivity contribution in [2.45, 2.75) is 51.2 Å². The molecule has 120 valence electrons. The molecule has 3 atom stereocenters. The van der Waals surface area contributed by atoms with Crippen LogP contribution in [0, 0.1) is 5.92 Å². The molecule has 1 fully saturated rings. The summed E-state index contributed by atoms with van der Waals surface area (Å²) in [6.45, 7) is 2.20. The highest BCUT2D eigenvalue weighted by molar-refractivity contribution is 5.92. The maximum Gasteiger partial charge on any atom is 0.278 e. The van der Waals surface area contributed by atoms with E-state index in [4.69, 9.17) is 10.9 Å². The van der Waals surface area contributed by atoms with Gasteiger partial charge in [0.05, 0.1) is 5.92 Å². The summed E-state index contributed by atoms with van der Waals surface area (Å²) in [6, 6.07) is -0.744. The number of nitrogens with zero attached hydrogens (tertiary/aromatic N) is 1. The number of hydroxylamine groups is 1. The van der Waals surface area contributed by atoms with E-state index in [0.717, 1.165) is 6.42 Å². The molecular formula is C13H22FN3O4. The number of amides is 3. The van der Waals surface area contributed by atoms with Crippen molar-refractivity contribution in [3.05, 3.63) is 0 Å². The first-order valence-corrected chi connectivity index (χ1v) is 7.11.